The second-order valence-corrected chi connectivity index (χ2v) is 7.90. The molecule has 0 aromatic heterocycles. The minimum Gasteiger partial charge on any atom is -0.463 e. The molecule has 3 rings (SSSR count). The summed E-state index contributed by atoms with van der Waals surface area (Å²) in [6.45, 7) is 3.20. The number of esters is 1. The van der Waals surface area contributed by atoms with Gasteiger partial charge in [0.1, 0.15) is 0 Å². The van der Waals surface area contributed by atoms with Crippen LogP contribution in [0.3, 0.4) is 0 Å². The van der Waals surface area contributed by atoms with Crippen LogP contribution in [0.25, 0.3) is 0 Å². The van der Waals surface area contributed by atoms with Gasteiger partial charge in [0.05, 0.1) is 24.3 Å². The number of benzene rings is 2. The van der Waals surface area contributed by atoms with Crippen LogP contribution in [-0.2, 0) is 27.0 Å². The number of ether oxygens (including phenoxy) is 1. The Morgan fingerprint density at radius 2 is 1.79 bits per heavy atom. The first-order chi connectivity index (χ1) is 16.1. The molecule has 4 nitrogen and oxygen atoms in total. The summed E-state index contributed by atoms with van der Waals surface area (Å²) in [7, 11) is 0. The zero-order valence-corrected chi connectivity index (χ0v) is 18.7. The van der Waals surface area contributed by atoms with Gasteiger partial charge in [0.15, 0.2) is 11.6 Å². The van der Waals surface area contributed by atoms with Gasteiger partial charge in [-0.3, -0.25) is 4.79 Å². The highest BCUT2D eigenvalue weighted by Crippen LogP contribution is 2.44. The molecule has 1 atom stereocenters. The van der Waals surface area contributed by atoms with Crippen LogP contribution in [0, 0.1) is 11.6 Å². The standard InChI is InChI=1S/C25H24F5NO3/c1-3-7-21-23(24(33)34-4-2)17(16-8-5-6-9-18(16)25(28,29)30)13-22(32)31(21)14-15-10-11-19(26)20(27)12-15/h5-6,8-12,17H,3-4,7,13-14H2,1-2H3. The fourth-order valence-electron chi connectivity index (χ4n) is 4.19. The number of alkyl halides is 3. The SMILES string of the molecule is CCCC1=C(C(=O)OCC)C(c2ccccc2C(F)(F)F)CC(=O)N1Cc1ccc(F)c(F)c1. The Kier molecular flexibility index (Phi) is 7.74. The van der Waals surface area contributed by atoms with E-state index >= 15 is 0 Å². The molecule has 0 fully saturated rings. The molecular formula is C25H24F5NO3. The molecule has 0 saturated carbocycles. The lowest BCUT2D eigenvalue weighted by Crippen LogP contribution is -2.39. The average Bonchev–Trinajstić information content (AvgIpc) is 2.78. The third kappa shape index (κ3) is 5.29. The summed E-state index contributed by atoms with van der Waals surface area (Å²) in [5.74, 6) is -4.63. The number of amides is 1. The summed E-state index contributed by atoms with van der Waals surface area (Å²) in [6, 6.07) is 8.02. The smallest absolute Gasteiger partial charge is 0.416 e. The van der Waals surface area contributed by atoms with Crippen LogP contribution >= 0.6 is 0 Å². The fraction of sp³-hybridized carbons (Fsp3) is 0.360. The highest BCUT2D eigenvalue weighted by molar-refractivity contribution is 5.96. The first-order valence-corrected chi connectivity index (χ1v) is 10.9. The molecule has 0 N–H and O–H groups in total. The van der Waals surface area contributed by atoms with E-state index in [-0.39, 0.29) is 42.0 Å². The van der Waals surface area contributed by atoms with Gasteiger partial charge in [0, 0.05) is 18.0 Å². The number of carbonyl (C=O) groups excluding carboxylic acids is 2. The van der Waals surface area contributed by atoms with E-state index in [0.29, 0.717) is 6.42 Å². The van der Waals surface area contributed by atoms with Gasteiger partial charge in [0.2, 0.25) is 5.91 Å². The molecule has 0 saturated heterocycles. The maximum atomic E-state index is 13.8. The van der Waals surface area contributed by atoms with Crippen molar-refractivity contribution < 1.29 is 36.3 Å². The molecule has 2 aromatic rings. The van der Waals surface area contributed by atoms with E-state index in [1.54, 1.807) is 13.8 Å². The largest absolute Gasteiger partial charge is 0.463 e. The van der Waals surface area contributed by atoms with E-state index in [0.717, 1.165) is 18.2 Å². The van der Waals surface area contributed by atoms with Crippen molar-refractivity contribution >= 4 is 11.9 Å². The van der Waals surface area contributed by atoms with Crippen molar-refractivity contribution in [3.8, 4) is 0 Å². The average molecular weight is 481 g/mol. The van der Waals surface area contributed by atoms with Gasteiger partial charge in [-0.25, -0.2) is 13.6 Å². The third-order valence-corrected chi connectivity index (χ3v) is 5.61. The first-order valence-electron chi connectivity index (χ1n) is 10.9. The second kappa shape index (κ2) is 10.4. The lowest BCUT2D eigenvalue weighted by atomic mass is 9.80. The highest BCUT2D eigenvalue weighted by atomic mass is 19.4. The Labute approximate surface area is 194 Å². The van der Waals surface area contributed by atoms with E-state index < -0.39 is 47.6 Å². The lowest BCUT2D eigenvalue weighted by Gasteiger charge is -2.36. The van der Waals surface area contributed by atoms with Crippen molar-refractivity contribution in [1.29, 1.82) is 0 Å². The van der Waals surface area contributed by atoms with Crippen molar-refractivity contribution in [3.63, 3.8) is 0 Å². The van der Waals surface area contributed by atoms with Crippen LogP contribution in [0.5, 0.6) is 0 Å². The van der Waals surface area contributed by atoms with Crippen LogP contribution in [0.2, 0.25) is 0 Å². The number of nitrogens with zero attached hydrogens (tertiary/aromatic N) is 1. The molecule has 0 radical (unpaired) electrons. The van der Waals surface area contributed by atoms with Crippen molar-refractivity contribution in [2.45, 2.75) is 51.7 Å². The summed E-state index contributed by atoms with van der Waals surface area (Å²) in [5.41, 5.74) is -0.642. The Morgan fingerprint density at radius 3 is 2.41 bits per heavy atom. The molecule has 1 aliphatic heterocycles. The molecular weight excluding hydrogens is 457 g/mol. The summed E-state index contributed by atoms with van der Waals surface area (Å²) in [5, 5.41) is 0. The van der Waals surface area contributed by atoms with Gasteiger partial charge in [0.25, 0.3) is 0 Å². The molecule has 34 heavy (non-hydrogen) atoms. The number of carbonyl (C=O) groups is 2. The van der Waals surface area contributed by atoms with Gasteiger partial charge >= 0.3 is 12.1 Å². The van der Waals surface area contributed by atoms with Crippen LogP contribution < -0.4 is 0 Å². The molecule has 0 spiro atoms. The van der Waals surface area contributed by atoms with Crippen LogP contribution in [0.15, 0.2) is 53.7 Å². The lowest BCUT2D eigenvalue weighted by molar-refractivity contribution is -0.142. The molecule has 182 valence electrons. The zero-order chi connectivity index (χ0) is 25.0. The summed E-state index contributed by atoms with van der Waals surface area (Å²) in [4.78, 5) is 27.5. The molecule has 2 aromatic carbocycles. The molecule has 1 amide bonds. The van der Waals surface area contributed by atoms with Crippen molar-refractivity contribution in [3.05, 3.63) is 82.1 Å². The van der Waals surface area contributed by atoms with E-state index in [4.69, 9.17) is 4.74 Å². The van der Waals surface area contributed by atoms with Crippen molar-refractivity contribution in [2.75, 3.05) is 6.61 Å². The van der Waals surface area contributed by atoms with Gasteiger partial charge < -0.3 is 9.64 Å². The Balaban J connectivity index is 2.18. The highest BCUT2D eigenvalue weighted by Gasteiger charge is 2.42. The maximum absolute atomic E-state index is 13.8. The fourth-order valence-corrected chi connectivity index (χ4v) is 4.19. The predicted octanol–water partition coefficient (Wildman–Crippen LogP) is 6.12. The Morgan fingerprint density at radius 1 is 1.09 bits per heavy atom. The van der Waals surface area contributed by atoms with E-state index in [9.17, 15) is 31.5 Å². The number of rotatable bonds is 7. The predicted molar refractivity (Wildman–Crippen MR) is 114 cm³/mol. The number of hydrogen-bond donors (Lipinski definition) is 0. The molecule has 1 aliphatic rings. The molecule has 1 heterocycles. The minimum absolute atomic E-state index is 0.00744. The molecule has 1 unspecified atom stereocenters. The minimum atomic E-state index is -4.69. The van der Waals surface area contributed by atoms with Crippen LogP contribution in [-0.4, -0.2) is 23.4 Å². The van der Waals surface area contributed by atoms with Gasteiger partial charge in [-0.2, -0.15) is 13.2 Å². The van der Waals surface area contributed by atoms with Crippen molar-refractivity contribution in [1.82, 2.24) is 4.90 Å². The Hall–Kier alpha value is -3.23. The molecule has 9 heteroatoms. The number of hydrogen-bond acceptors (Lipinski definition) is 3. The van der Waals surface area contributed by atoms with E-state index in [1.807, 2.05) is 0 Å². The van der Waals surface area contributed by atoms with Crippen LogP contribution in [0.4, 0.5) is 22.0 Å². The summed E-state index contributed by atoms with van der Waals surface area (Å²) >= 11 is 0. The quantitative estimate of drug-likeness (QED) is 0.354. The van der Waals surface area contributed by atoms with Crippen LogP contribution in [0.1, 0.15) is 55.7 Å². The molecule has 0 bridgehead atoms. The second-order valence-electron chi connectivity index (χ2n) is 7.90. The maximum Gasteiger partial charge on any atom is 0.416 e. The number of halogens is 5. The summed E-state index contributed by atoms with van der Waals surface area (Å²) < 4.78 is 73.6. The monoisotopic (exact) mass is 481 g/mol. The van der Waals surface area contributed by atoms with Gasteiger partial charge in [-0.1, -0.05) is 37.6 Å². The van der Waals surface area contributed by atoms with E-state index in [1.165, 1.54) is 29.2 Å². The number of allylic oxidation sites excluding steroid dienone is 1. The summed E-state index contributed by atoms with van der Waals surface area (Å²) in [6.07, 6.45) is -4.41. The zero-order valence-electron chi connectivity index (χ0n) is 18.7. The van der Waals surface area contributed by atoms with E-state index in [2.05, 4.69) is 0 Å². The third-order valence-electron chi connectivity index (χ3n) is 5.61. The van der Waals surface area contributed by atoms with Crippen molar-refractivity contribution in [2.24, 2.45) is 0 Å². The Bertz CT molecular complexity index is 1110. The van der Waals surface area contributed by atoms with Gasteiger partial charge in [-0.05, 0) is 42.7 Å². The first kappa shape index (κ1) is 25.4. The topological polar surface area (TPSA) is 46.6 Å². The van der Waals surface area contributed by atoms with Gasteiger partial charge in [-0.15, -0.1) is 0 Å². The molecule has 0 aliphatic carbocycles. The normalized spacial score (nSPS) is 16.7.